The lowest BCUT2D eigenvalue weighted by molar-refractivity contribution is -0.142. The summed E-state index contributed by atoms with van der Waals surface area (Å²) in [5, 5.41) is 59.6. The number of aliphatic hydroxyl groups excluding tert-OH is 5. The van der Waals surface area contributed by atoms with E-state index >= 15 is 0 Å². The van der Waals surface area contributed by atoms with Crippen LogP contribution in [0.5, 0.6) is 0 Å². The Kier molecular flexibility index (Phi) is 14.8. The summed E-state index contributed by atoms with van der Waals surface area (Å²) in [7, 11) is 1.57. The van der Waals surface area contributed by atoms with Crippen molar-refractivity contribution in [2.24, 2.45) is 17.8 Å². The van der Waals surface area contributed by atoms with Gasteiger partial charge in [-0.05, 0) is 50.1 Å². The number of likely N-dealkylation sites (N-methyl/N-ethyl adjacent to an activating group) is 1. The number of nitrogens with one attached hydrogen (secondary N) is 2. The Morgan fingerprint density at radius 2 is 1.50 bits per heavy atom. The van der Waals surface area contributed by atoms with Crippen LogP contribution in [0.4, 0.5) is 0 Å². The van der Waals surface area contributed by atoms with Crippen LogP contribution in [0.3, 0.4) is 0 Å². The minimum atomic E-state index is -1.55. The van der Waals surface area contributed by atoms with Crippen molar-refractivity contribution in [2.75, 3.05) is 20.2 Å². The van der Waals surface area contributed by atoms with Crippen LogP contribution in [0.25, 0.3) is 0 Å². The summed E-state index contributed by atoms with van der Waals surface area (Å²) in [4.78, 5) is 23.9. The van der Waals surface area contributed by atoms with Crippen LogP contribution in [0.15, 0.2) is 30.3 Å². The number of carboxylic acid groups (broad SMARTS) is 1. The van der Waals surface area contributed by atoms with E-state index in [4.69, 9.17) is 20.4 Å². The molecule has 0 bridgehead atoms. The summed E-state index contributed by atoms with van der Waals surface area (Å²) in [6, 6.07) is 8.57. The van der Waals surface area contributed by atoms with E-state index < -0.39 is 43.0 Å². The second-order valence-electron chi connectivity index (χ2n) is 9.80. The summed E-state index contributed by atoms with van der Waals surface area (Å²) in [6.07, 6.45) is -1.47. The standard InChI is InChI=1S/C19H27NO3.C7H17NO5/c1-13(2)15-8-10-16(11-9-15)18(21)20-17(19(22)23)12-14-6-4-3-5-7-14;1-8-2-4(10)6(12)7(13)5(11)3-9/h3-7,13,15-17H,8-12H2,1-2H3,(H,20,21)(H,22,23);4-13H,2-3H2,1H3/t15?,16?,17-;4-,5+,6+,7+/m10/s1. The third-order valence-electron chi connectivity index (χ3n) is 6.72. The van der Waals surface area contributed by atoms with Crippen molar-refractivity contribution in [2.45, 2.75) is 76.4 Å². The van der Waals surface area contributed by atoms with Crippen LogP contribution in [-0.4, -0.2) is 93.2 Å². The predicted molar refractivity (Wildman–Crippen MR) is 135 cm³/mol. The molecule has 1 aromatic carbocycles. The SMILES string of the molecule is CC(C)C1CCC(C(=O)N[C@H](Cc2ccccc2)C(=O)O)CC1.CNC[C@H](O)[C@@H](O)[C@H](O)[C@H](O)CO. The van der Waals surface area contributed by atoms with E-state index in [2.05, 4.69) is 24.5 Å². The van der Waals surface area contributed by atoms with Gasteiger partial charge in [0.25, 0.3) is 0 Å². The summed E-state index contributed by atoms with van der Waals surface area (Å²) < 4.78 is 0. The lowest BCUT2D eigenvalue weighted by Gasteiger charge is -2.30. The quantitative estimate of drug-likeness (QED) is 0.190. The van der Waals surface area contributed by atoms with Crippen LogP contribution in [-0.2, 0) is 16.0 Å². The minimum Gasteiger partial charge on any atom is -0.480 e. The number of rotatable bonds is 12. The van der Waals surface area contributed by atoms with E-state index in [-0.39, 0.29) is 18.4 Å². The number of carbonyl (C=O) groups is 2. The van der Waals surface area contributed by atoms with Crippen LogP contribution >= 0.6 is 0 Å². The maximum atomic E-state index is 12.4. The molecule has 0 spiro atoms. The Morgan fingerprint density at radius 3 is 1.97 bits per heavy atom. The molecule has 0 radical (unpaired) electrons. The Labute approximate surface area is 213 Å². The van der Waals surface area contributed by atoms with Gasteiger partial charge in [-0.25, -0.2) is 4.79 Å². The Morgan fingerprint density at radius 1 is 0.944 bits per heavy atom. The summed E-state index contributed by atoms with van der Waals surface area (Å²) >= 11 is 0. The van der Waals surface area contributed by atoms with E-state index in [1.54, 1.807) is 7.05 Å². The van der Waals surface area contributed by atoms with Gasteiger partial charge in [0.2, 0.25) is 5.91 Å². The van der Waals surface area contributed by atoms with Crippen LogP contribution in [0.1, 0.15) is 45.1 Å². The fraction of sp³-hybridized carbons (Fsp3) is 0.692. The highest BCUT2D eigenvalue weighted by Crippen LogP contribution is 2.33. The van der Waals surface area contributed by atoms with Gasteiger partial charge in [-0.2, -0.15) is 0 Å². The Bertz CT molecular complexity index is 756. The van der Waals surface area contributed by atoms with E-state index in [1.165, 1.54) is 0 Å². The third-order valence-corrected chi connectivity index (χ3v) is 6.72. The zero-order valence-electron chi connectivity index (χ0n) is 21.5. The average molecular weight is 513 g/mol. The second kappa shape index (κ2) is 16.6. The topological polar surface area (TPSA) is 180 Å². The van der Waals surface area contributed by atoms with E-state index in [0.717, 1.165) is 31.2 Å². The van der Waals surface area contributed by atoms with Crippen molar-refractivity contribution in [1.29, 1.82) is 0 Å². The van der Waals surface area contributed by atoms with E-state index in [9.17, 15) is 19.8 Å². The maximum absolute atomic E-state index is 12.4. The van der Waals surface area contributed by atoms with Crippen molar-refractivity contribution in [3.05, 3.63) is 35.9 Å². The van der Waals surface area contributed by atoms with Gasteiger partial charge in [0.05, 0.1) is 12.7 Å². The van der Waals surface area contributed by atoms with Gasteiger partial charge >= 0.3 is 5.97 Å². The van der Waals surface area contributed by atoms with Gasteiger partial charge in [0, 0.05) is 18.9 Å². The second-order valence-corrected chi connectivity index (χ2v) is 9.80. The molecule has 5 atom stereocenters. The van der Waals surface area contributed by atoms with E-state index in [0.29, 0.717) is 18.3 Å². The molecule has 1 saturated carbocycles. The highest BCUT2D eigenvalue weighted by Gasteiger charge is 2.31. The number of aliphatic hydroxyl groups is 5. The molecule has 2 rings (SSSR count). The van der Waals surface area contributed by atoms with Gasteiger partial charge in [-0.3, -0.25) is 4.79 Å². The molecule has 36 heavy (non-hydrogen) atoms. The molecule has 10 nitrogen and oxygen atoms in total. The number of hydrogen-bond acceptors (Lipinski definition) is 8. The molecule has 0 aliphatic heterocycles. The van der Waals surface area contributed by atoms with Crippen molar-refractivity contribution < 1.29 is 40.2 Å². The molecule has 0 aromatic heterocycles. The lowest BCUT2D eigenvalue weighted by atomic mass is 9.76. The molecule has 1 amide bonds. The number of amides is 1. The minimum absolute atomic E-state index is 0.0392. The van der Waals surface area contributed by atoms with Crippen molar-refractivity contribution in [1.82, 2.24) is 10.6 Å². The fourth-order valence-corrected chi connectivity index (χ4v) is 4.28. The Hall–Kier alpha value is -2.08. The molecule has 1 aliphatic rings. The van der Waals surface area contributed by atoms with Crippen molar-refractivity contribution >= 4 is 11.9 Å². The van der Waals surface area contributed by atoms with Crippen LogP contribution in [0.2, 0.25) is 0 Å². The molecule has 1 fully saturated rings. The first kappa shape index (κ1) is 31.9. The average Bonchev–Trinajstić information content (AvgIpc) is 2.87. The van der Waals surface area contributed by atoms with E-state index in [1.807, 2.05) is 30.3 Å². The number of aliphatic carboxylic acids is 1. The zero-order chi connectivity index (χ0) is 27.3. The van der Waals surface area contributed by atoms with Crippen LogP contribution < -0.4 is 10.6 Å². The molecule has 1 aromatic rings. The van der Waals surface area contributed by atoms with Gasteiger partial charge in [0.1, 0.15) is 24.4 Å². The van der Waals surface area contributed by atoms with Gasteiger partial charge in [-0.15, -0.1) is 0 Å². The first-order valence-corrected chi connectivity index (χ1v) is 12.6. The van der Waals surface area contributed by atoms with Gasteiger partial charge in [0.15, 0.2) is 0 Å². The number of carbonyl (C=O) groups excluding carboxylic acids is 1. The number of benzene rings is 1. The number of hydrogen-bond donors (Lipinski definition) is 8. The maximum Gasteiger partial charge on any atom is 0.326 e. The van der Waals surface area contributed by atoms with Crippen molar-refractivity contribution in [3.63, 3.8) is 0 Å². The molecular weight excluding hydrogens is 468 g/mol. The van der Waals surface area contributed by atoms with Gasteiger partial charge in [-0.1, -0.05) is 44.2 Å². The molecule has 1 aliphatic carbocycles. The first-order valence-electron chi connectivity index (χ1n) is 12.6. The number of carboxylic acids is 1. The summed E-state index contributed by atoms with van der Waals surface area (Å²) in [5.41, 5.74) is 0.920. The summed E-state index contributed by atoms with van der Waals surface area (Å²) in [6.45, 7) is 3.89. The predicted octanol–water partition coefficient (Wildman–Crippen LogP) is -0.0974. The molecule has 0 heterocycles. The molecule has 206 valence electrons. The largest absolute Gasteiger partial charge is 0.480 e. The first-order chi connectivity index (χ1) is 17.0. The highest BCUT2D eigenvalue weighted by molar-refractivity contribution is 5.85. The Balaban J connectivity index is 0.000000426. The van der Waals surface area contributed by atoms with Crippen molar-refractivity contribution in [3.8, 4) is 0 Å². The third kappa shape index (κ3) is 10.9. The summed E-state index contributed by atoms with van der Waals surface area (Å²) in [5.74, 6) is 0.235. The highest BCUT2D eigenvalue weighted by atomic mass is 16.4. The molecule has 10 heteroatoms. The molecule has 8 N–H and O–H groups in total. The molecule has 0 saturated heterocycles. The molecular formula is C26H44N2O8. The fourth-order valence-electron chi connectivity index (χ4n) is 4.28. The lowest BCUT2D eigenvalue weighted by Crippen LogP contribution is -2.48. The normalized spacial score (nSPS) is 21.9. The molecule has 0 unspecified atom stereocenters. The monoisotopic (exact) mass is 512 g/mol. The zero-order valence-corrected chi connectivity index (χ0v) is 21.5. The smallest absolute Gasteiger partial charge is 0.326 e. The van der Waals surface area contributed by atoms with Gasteiger partial charge < -0.3 is 41.3 Å². The van der Waals surface area contributed by atoms with Crippen LogP contribution in [0, 0.1) is 17.8 Å².